The fourth-order valence-corrected chi connectivity index (χ4v) is 3.69. The van der Waals surface area contributed by atoms with Gasteiger partial charge >= 0.3 is 5.76 Å². The molecule has 0 bridgehead atoms. The molecule has 1 N–H and O–H groups in total. The van der Waals surface area contributed by atoms with Gasteiger partial charge in [0.25, 0.3) is 0 Å². The summed E-state index contributed by atoms with van der Waals surface area (Å²) in [6.07, 6.45) is 8.39. The number of carbonyl (C=O) groups excluding carboxylic acids is 1. The van der Waals surface area contributed by atoms with Crippen molar-refractivity contribution in [3.8, 4) is 0 Å². The van der Waals surface area contributed by atoms with Crippen LogP contribution >= 0.6 is 0 Å². The molecule has 6 nitrogen and oxygen atoms in total. The number of fused-ring (bicyclic) bond motifs is 1. The average Bonchev–Trinajstić information content (AvgIpc) is 2.95. The van der Waals surface area contributed by atoms with Gasteiger partial charge in [-0.05, 0) is 75.7 Å². The van der Waals surface area contributed by atoms with Gasteiger partial charge in [-0.1, -0.05) is 6.07 Å². The molecule has 1 aromatic carbocycles. The third-order valence-corrected chi connectivity index (χ3v) is 5.38. The summed E-state index contributed by atoms with van der Waals surface area (Å²) in [5.41, 5.74) is 2.73. The Morgan fingerprint density at radius 3 is 2.70 bits per heavy atom. The van der Waals surface area contributed by atoms with E-state index >= 15 is 0 Å². The molecule has 1 aliphatic heterocycles. The van der Waals surface area contributed by atoms with Crippen molar-refractivity contribution in [2.75, 3.05) is 26.2 Å². The van der Waals surface area contributed by atoms with Crippen LogP contribution in [0.2, 0.25) is 0 Å². The Hall–Kier alpha value is -2.08. The van der Waals surface area contributed by atoms with Gasteiger partial charge in [-0.15, -0.1) is 0 Å². The lowest BCUT2D eigenvalue weighted by Crippen LogP contribution is -2.36. The fraction of sp³-hybridized carbons (Fsp3) is 0.619. The second-order valence-electron chi connectivity index (χ2n) is 7.48. The molecule has 6 heteroatoms. The van der Waals surface area contributed by atoms with E-state index in [1.807, 2.05) is 17.0 Å². The first-order valence-corrected chi connectivity index (χ1v) is 10.2. The number of aryl methyl sites for hydroxylation is 2. The maximum Gasteiger partial charge on any atom is 0.419 e. The zero-order valence-corrected chi connectivity index (χ0v) is 16.3. The number of piperidine rings is 1. The predicted octanol–water partition coefficient (Wildman–Crippen LogP) is 2.84. The summed E-state index contributed by atoms with van der Waals surface area (Å²) in [6, 6.07) is 6.01. The van der Waals surface area contributed by atoms with Gasteiger partial charge in [0.1, 0.15) is 0 Å². The lowest BCUT2D eigenvalue weighted by Gasteiger charge is -2.26. The minimum Gasteiger partial charge on any atom is -0.408 e. The van der Waals surface area contributed by atoms with Crippen molar-refractivity contribution in [2.24, 2.45) is 7.05 Å². The minimum absolute atomic E-state index is 0.309. The molecule has 1 aromatic heterocycles. The first kappa shape index (κ1) is 19.7. The molecule has 1 fully saturated rings. The van der Waals surface area contributed by atoms with Crippen molar-refractivity contribution >= 4 is 17.0 Å². The Bertz CT molecular complexity index is 809. The van der Waals surface area contributed by atoms with E-state index in [0.717, 1.165) is 83.1 Å². The van der Waals surface area contributed by atoms with E-state index in [-0.39, 0.29) is 5.76 Å². The van der Waals surface area contributed by atoms with Crippen molar-refractivity contribution in [3.05, 3.63) is 34.3 Å². The number of rotatable bonds is 10. The van der Waals surface area contributed by atoms with E-state index in [1.165, 1.54) is 10.1 Å². The third-order valence-electron chi connectivity index (χ3n) is 5.38. The highest BCUT2D eigenvalue weighted by Gasteiger charge is 2.16. The Balaban J connectivity index is 1.24. The Morgan fingerprint density at radius 2 is 1.89 bits per heavy atom. The molecular weight excluding hydrogens is 342 g/mol. The smallest absolute Gasteiger partial charge is 0.408 e. The fourth-order valence-electron chi connectivity index (χ4n) is 3.69. The number of benzene rings is 1. The molecule has 0 saturated carbocycles. The Labute approximate surface area is 160 Å². The number of nitrogens with one attached hydrogen (secondary N) is 1. The largest absolute Gasteiger partial charge is 0.419 e. The summed E-state index contributed by atoms with van der Waals surface area (Å²) < 4.78 is 6.77. The highest BCUT2D eigenvalue weighted by Crippen LogP contribution is 2.16. The molecule has 1 saturated heterocycles. The predicted molar refractivity (Wildman–Crippen MR) is 107 cm³/mol. The monoisotopic (exact) mass is 373 g/mol. The van der Waals surface area contributed by atoms with Gasteiger partial charge < -0.3 is 14.6 Å². The van der Waals surface area contributed by atoms with Gasteiger partial charge in [-0.2, -0.15) is 0 Å². The second kappa shape index (κ2) is 9.74. The number of hydrogen-bond donors (Lipinski definition) is 1. The van der Waals surface area contributed by atoms with Gasteiger partial charge in [0.2, 0.25) is 5.91 Å². The summed E-state index contributed by atoms with van der Waals surface area (Å²) >= 11 is 0. The van der Waals surface area contributed by atoms with Crippen LogP contribution in [-0.2, 0) is 18.3 Å². The minimum atomic E-state index is -0.309. The van der Waals surface area contributed by atoms with Crippen molar-refractivity contribution in [3.63, 3.8) is 0 Å². The van der Waals surface area contributed by atoms with E-state index < -0.39 is 0 Å². The number of amides is 1. The molecule has 0 aliphatic carbocycles. The van der Waals surface area contributed by atoms with E-state index in [1.54, 1.807) is 7.05 Å². The number of oxazole rings is 1. The molecule has 1 aliphatic rings. The summed E-state index contributed by atoms with van der Waals surface area (Å²) in [5, 5.41) is 3.49. The van der Waals surface area contributed by atoms with Crippen LogP contribution in [0.3, 0.4) is 0 Å². The Morgan fingerprint density at radius 1 is 1.07 bits per heavy atom. The van der Waals surface area contributed by atoms with Crippen molar-refractivity contribution < 1.29 is 9.21 Å². The number of unbranched alkanes of at least 4 members (excludes halogenated alkanes) is 2. The van der Waals surface area contributed by atoms with E-state index in [4.69, 9.17) is 4.42 Å². The van der Waals surface area contributed by atoms with Crippen LogP contribution < -0.4 is 11.1 Å². The van der Waals surface area contributed by atoms with Gasteiger partial charge in [0, 0.05) is 26.6 Å². The van der Waals surface area contributed by atoms with E-state index in [2.05, 4.69) is 11.4 Å². The van der Waals surface area contributed by atoms with E-state index in [0.29, 0.717) is 11.5 Å². The standard InChI is InChI=1S/C21H31N3O3/c1-23-18-11-10-17(16-19(18)27-21(23)26)8-2-4-12-22-13-5-7-15-24-14-6-3-9-20(24)25/h10-11,16,22H,2-9,12-15H2,1H3. The van der Waals surface area contributed by atoms with Crippen LogP contribution in [-0.4, -0.2) is 41.6 Å². The van der Waals surface area contributed by atoms with Crippen molar-refractivity contribution in [2.45, 2.75) is 51.4 Å². The lowest BCUT2D eigenvalue weighted by atomic mass is 10.1. The number of aromatic nitrogens is 1. The number of carbonyl (C=O) groups is 1. The molecule has 3 rings (SSSR count). The number of nitrogens with zero attached hydrogens (tertiary/aromatic N) is 2. The van der Waals surface area contributed by atoms with Crippen LogP contribution in [0.4, 0.5) is 0 Å². The first-order chi connectivity index (χ1) is 13.1. The zero-order chi connectivity index (χ0) is 19.1. The molecule has 1 amide bonds. The summed E-state index contributed by atoms with van der Waals surface area (Å²) in [5.74, 6) is 0.0261. The van der Waals surface area contributed by atoms with Crippen LogP contribution in [0.25, 0.3) is 11.1 Å². The zero-order valence-electron chi connectivity index (χ0n) is 16.3. The van der Waals surface area contributed by atoms with Gasteiger partial charge in [0.05, 0.1) is 5.52 Å². The van der Waals surface area contributed by atoms with Gasteiger partial charge in [-0.25, -0.2) is 4.79 Å². The molecule has 27 heavy (non-hydrogen) atoms. The molecule has 2 heterocycles. The number of hydrogen-bond acceptors (Lipinski definition) is 4. The maximum absolute atomic E-state index is 11.7. The second-order valence-corrected chi connectivity index (χ2v) is 7.48. The first-order valence-electron chi connectivity index (χ1n) is 10.2. The van der Waals surface area contributed by atoms with Gasteiger partial charge in [0.15, 0.2) is 5.58 Å². The SMILES string of the molecule is Cn1c(=O)oc2cc(CCCCNCCCCN3CCCCC3=O)ccc21. The highest BCUT2D eigenvalue weighted by atomic mass is 16.4. The van der Waals surface area contributed by atoms with E-state index in [9.17, 15) is 9.59 Å². The van der Waals surface area contributed by atoms with Crippen LogP contribution in [0, 0.1) is 0 Å². The Kier molecular flexibility index (Phi) is 7.10. The molecular formula is C21H31N3O3. The van der Waals surface area contributed by atoms with Crippen molar-refractivity contribution in [1.29, 1.82) is 0 Å². The molecule has 2 aromatic rings. The molecule has 148 valence electrons. The molecule has 0 unspecified atom stereocenters. The average molecular weight is 373 g/mol. The normalized spacial score (nSPS) is 15.0. The lowest BCUT2D eigenvalue weighted by molar-refractivity contribution is -0.133. The summed E-state index contributed by atoms with van der Waals surface area (Å²) in [7, 11) is 1.73. The summed E-state index contributed by atoms with van der Waals surface area (Å²) in [4.78, 5) is 25.3. The maximum atomic E-state index is 11.7. The van der Waals surface area contributed by atoms with Crippen LogP contribution in [0.1, 0.15) is 50.5 Å². The number of likely N-dealkylation sites (tertiary alicyclic amines) is 1. The van der Waals surface area contributed by atoms with Gasteiger partial charge in [-0.3, -0.25) is 9.36 Å². The third kappa shape index (κ3) is 5.45. The quantitative estimate of drug-likeness (QED) is 0.650. The molecule has 0 radical (unpaired) electrons. The molecule has 0 atom stereocenters. The highest BCUT2D eigenvalue weighted by molar-refractivity contribution is 5.76. The summed E-state index contributed by atoms with van der Waals surface area (Å²) in [6.45, 7) is 3.90. The van der Waals surface area contributed by atoms with Crippen LogP contribution in [0.5, 0.6) is 0 Å². The van der Waals surface area contributed by atoms with Crippen molar-refractivity contribution in [1.82, 2.24) is 14.8 Å². The molecule has 0 spiro atoms. The topological polar surface area (TPSA) is 67.5 Å². The van der Waals surface area contributed by atoms with Crippen LogP contribution in [0.15, 0.2) is 27.4 Å².